The Labute approximate surface area is 91.6 Å². The lowest BCUT2D eigenvalue weighted by molar-refractivity contribution is 0.297. The number of benzene rings is 1. The summed E-state index contributed by atoms with van der Waals surface area (Å²) in [5, 5.41) is 1.78. The smallest absolute Gasteiger partial charge is 0.307 e. The fraction of sp³-hybridized carbons (Fsp3) is 0.182. The molecular weight excluding hydrogens is 210 g/mol. The van der Waals surface area contributed by atoms with Gasteiger partial charge in [-0.3, -0.25) is 4.79 Å². The van der Waals surface area contributed by atoms with Gasteiger partial charge >= 0.3 is 4.87 Å². The van der Waals surface area contributed by atoms with E-state index < -0.39 is 0 Å². The zero-order chi connectivity index (χ0) is 10.5. The molecule has 0 aliphatic rings. The van der Waals surface area contributed by atoms with E-state index in [0.717, 1.165) is 5.75 Å². The Balaban J connectivity index is 1.86. The number of aromatic nitrogens is 1. The molecule has 0 spiro atoms. The summed E-state index contributed by atoms with van der Waals surface area (Å²) in [6.45, 7) is 1.11. The van der Waals surface area contributed by atoms with E-state index in [9.17, 15) is 4.79 Å². The Morgan fingerprint density at radius 1 is 1.27 bits per heavy atom. The van der Waals surface area contributed by atoms with Crippen LogP contribution in [0.1, 0.15) is 0 Å². The monoisotopic (exact) mass is 221 g/mol. The van der Waals surface area contributed by atoms with Gasteiger partial charge in [0, 0.05) is 11.6 Å². The molecule has 1 aromatic carbocycles. The highest BCUT2D eigenvalue weighted by Gasteiger charge is 1.96. The van der Waals surface area contributed by atoms with Gasteiger partial charge in [0.05, 0.1) is 6.54 Å². The third-order valence-electron chi connectivity index (χ3n) is 1.99. The molecule has 0 N–H and O–H groups in total. The van der Waals surface area contributed by atoms with Crippen LogP contribution in [0.4, 0.5) is 0 Å². The Morgan fingerprint density at radius 3 is 2.73 bits per heavy atom. The zero-order valence-corrected chi connectivity index (χ0v) is 8.94. The van der Waals surface area contributed by atoms with Gasteiger partial charge < -0.3 is 9.30 Å². The number of hydrogen-bond donors (Lipinski definition) is 0. The van der Waals surface area contributed by atoms with Crippen molar-refractivity contribution in [3.8, 4) is 5.75 Å². The average Bonchev–Trinajstić information content (AvgIpc) is 2.66. The highest BCUT2D eigenvalue weighted by Crippen LogP contribution is 2.07. The molecule has 0 saturated heterocycles. The molecule has 1 aromatic heterocycles. The standard InChI is InChI=1S/C11H11NO2S/c13-11-12(7-9-15-11)6-8-14-10-4-2-1-3-5-10/h1-5,7,9H,6,8H2. The molecule has 2 rings (SSSR count). The van der Waals surface area contributed by atoms with E-state index >= 15 is 0 Å². The fourth-order valence-corrected chi connectivity index (χ4v) is 1.85. The number of ether oxygens (including phenoxy) is 1. The minimum Gasteiger partial charge on any atom is -0.492 e. The molecule has 0 aliphatic heterocycles. The summed E-state index contributed by atoms with van der Waals surface area (Å²) in [6, 6.07) is 9.58. The second-order valence-corrected chi connectivity index (χ2v) is 3.88. The van der Waals surface area contributed by atoms with Crippen LogP contribution in [0, 0.1) is 0 Å². The molecule has 0 unspecified atom stereocenters. The number of thiazole rings is 1. The van der Waals surface area contributed by atoms with Crippen LogP contribution in [0.2, 0.25) is 0 Å². The molecule has 1 heterocycles. The lowest BCUT2D eigenvalue weighted by Gasteiger charge is -2.05. The number of rotatable bonds is 4. The van der Waals surface area contributed by atoms with Gasteiger partial charge in [-0.05, 0) is 12.1 Å². The quantitative estimate of drug-likeness (QED) is 0.790. The second-order valence-electron chi connectivity index (χ2n) is 3.02. The van der Waals surface area contributed by atoms with Crippen molar-refractivity contribution in [1.29, 1.82) is 0 Å². The topological polar surface area (TPSA) is 31.2 Å². The summed E-state index contributed by atoms with van der Waals surface area (Å²) < 4.78 is 7.13. The van der Waals surface area contributed by atoms with Crippen molar-refractivity contribution in [2.75, 3.05) is 6.61 Å². The predicted octanol–water partition coefficient (Wildman–Crippen LogP) is 1.99. The van der Waals surface area contributed by atoms with Crippen molar-refractivity contribution in [3.05, 3.63) is 51.6 Å². The number of nitrogens with zero attached hydrogens (tertiary/aromatic N) is 1. The highest BCUT2D eigenvalue weighted by atomic mass is 32.1. The van der Waals surface area contributed by atoms with Gasteiger partial charge in [0.15, 0.2) is 0 Å². The maximum atomic E-state index is 11.2. The molecular formula is C11H11NO2S. The minimum atomic E-state index is 0.0617. The van der Waals surface area contributed by atoms with E-state index in [0.29, 0.717) is 13.2 Å². The van der Waals surface area contributed by atoms with E-state index in [1.54, 1.807) is 16.1 Å². The van der Waals surface area contributed by atoms with E-state index in [2.05, 4.69) is 0 Å². The first-order valence-electron chi connectivity index (χ1n) is 4.68. The Bertz CT molecular complexity index is 461. The molecule has 0 aliphatic carbocycles. The second kappa shape index (κ2) is 4.79. The van der Waals surface area contributed by atoms with Gasteiger partial charge in [-0.2, -0.15) is 0 Å². The lowest BCUT2D eigenvalue weighted by Crippen LogP contribution is -2.16. The van der Waals surface area contributed by atoms with Crippen LogP contribution in [-0.4, -0.2) is 11.2 Å². The molecule has 0 amide bonds. The lowest BCUT2D eigenvalue weighted by atomic mass is 10.3. The first-order chi connectivity index (χ1) is 7.36. The van der Waals surface area contributed by atoms with Gasteiger partial charge in [0.25, 0.3) is 0 Å². The summed E-state index contributed by atoms with van der Waals surface area (Å²) >= 11 is 1.20. The Morgan fingerprint density at radius 2 is 2.07 bits per heavy atom. The maximum absolute atomic E-state index is 11.2. The minimum absolute atomic E-state index is 0.0617. The van der Waals surface area contributed by atoms with E-state index in [1.807, 2.05) is 30.3 Å². The van der Waals surface area contributed by atoms with Crippen molar-refractivity contribution >= 4 is 11.3 Å². The van der Waals surface area contributed by atoms with Gasteiger partial charge in [-0.25, -0.2) is 0 Å². The third-order valence-corrected chi connectivity index (χ3v) is 2.68. The molecule has 0 atom stereocenters. The van der Waals surface area contributed by atoms with Crippen molar-refractivity contribution in [2.24, 2.45) is 0 Å². The maximum Gasteiger partial charge on any atom is 0.307 e. The van der Waals surface area contributed by atoms with Crippen molar-refractivity contribution < 1.29 is 4.74 Å². The largest absolute Gasteiger partial charge is 0.492 e. The molecule has 0 radical (unpaired) electrons. The molecule has 0 bridgehead atoms. The van der Waals surface area contributed by atoms with E-state index in [-0.39, 0.29) is 4.87 Å². The predicted molar refractivity (Wildman–Crippen MR) is 60.5 cm³/mol. The van der Waals surface area contributed by atoms with Crippen LogP contribution in [0.3, 0.4) is 0 Å². The molecule has 78 valence electrons. The van der Waals surface area contributed by atoms with Crippen LogP contribution in [-0.2, 0) is 6.54 Å². The molecule has 4 heteroatoms. The van der Waals surface area contributed by atoms with Gasteiger partial charge in [0.1, 0.15) is 12.4 Å². The first kappa shape index (κ1) is 9.98. The summed E-state index contributed by atoms with van der Waals surface area (Å²) in [5.74, 6) is 0.834. The van der Waals surface area contributed by atoms with Crippen molar-refractivity contribution in [2.45, 2.75) is 6.54 Å². The number of hydrogen-bond acceptors (Lipinski definition) is 3. The Hall–Kier alpha value is -1.55. The average molecular weight is 221 g/mol. The van der Waals surface area contributed by atoms with Crippen LogP contribution in [0.5, 0.6) is 5.75 Å². The van der Waals surface area contributed by atoms with Crippen LogP contribution < -0.4 is 9.61 Å². The normalized spacial score (nSPS) is 10.1. The van der Waals surface area contributed by atoms with Crippen LogP contribution in [0.25, 0.3) is 0 Å². The molecule has 2 aromatic rings. The van der Waals surface area contributed by atoms with Crippen LogP contribution >= 0.6 is 11.3 Å². The third kappa shape index (κ3) is 2.70. The van der Waals surface area contributed by atoms with Gasteiger partial charge in [-0.1, -0.05) is 29.5 Å². The van der Waals surface area contributed by atoms with Crippen molar-refractivity contribution in [3.63, 3.8) is 0 Å². The summed E-state index contributed by atoms with van der Waals surface area (Å²) in [5.41, 5.74) is 0. The molecule has 3 nitrogen and oxygen atoms in total. The van der Waals surface area contributed by atoms with E-state index in [4.69, 9.17) is 4.74 Å². The highest BCUT2D eigenvalue weighted by molar-refractivity contribution is 7.07. The first-order valence-corrected chi connectivity index (χ1v) is 5.56. The van der Waals surface area contributed by atoms with Gasteiger partial charge in [-0.15, -0.1) is 0 Å². The van der Waals surface area contributed by atoms with E-state index in [1.165, 1.54) is 11.3 Å². The molecule has 15 heavy (non-hydrogen) atoms. The Kier molecular flexibility index (Phi) is 3.19. The number of para-hydroxylation sites is 1. The van der Waals surface area contributed by atoms with Crippen LogP contribution in [0.15, 0.2) is 46.7 Å². The SMILES string of the molecule is O=c1sccn1CCOc1ccccc1. The fourth-order valence-electron chi connectivity index (χ4n) is 1.24. The molecule has 0 saturated carbocycles. The zero-order valence-electron chi connectivity index (χ0n) is 8.13. The summed E-state index contributed by atoms with van der Waals surface area (Å²) in [7, 11) is 0. The summed E-state index contributed by atoms with van der Waals surface area (Å²) in [6.07, 6.45) is 1.78. The van der Waals surface area contributed by atoms with Gasteiger partial charge in [0.2, 0.25) is 0 Å². The summed E-state index contributed by atoms with van der Waals surface area (Å²) in [4.78, 5) is 11.2. The van der Waals surface area contributed by atoms with Crippen molar-refractivity contribution in [1.82, 2.24) is 4.57 Å². The molecule has 0 fully saturated rings.